The van der Waals surface area contributed by atoms with Crippen LogP contribution in [0.4, 0.5) is 11.6 Å². The normalized spacial score (nSPS) is 24.4. The molecule has 2 rings (SSSR count). The molecule has 1 aliphatic rings. The van der Waals surface area contributed by atoms with Crippen LogP contribution >= 0.6 is 0 Å². The minimum atomic E-state index is -0.00980. The van der Waals surface area contributed by atoms with Gasteiger partial charge in [-0.15, -0.1) is 0 Å². The molecular weight excluding hydrogens is 204 g/mol. The number of aromatic nitrogens is 2. The van der Waals surface area contributed by atoms with E-state index in [1.54, 1.807) is 6.33 Å². The molecular formula is C11H18N4O. The molecule has 1 aliphatic heterocycles. The Morgan fingerprint density at radius 1 is 1.38 bits per heavy atom. The van der Waals surface area contributed by atoms with Gasteiger partial charge in [-0.1, -0.05) is 0 Å². The average Bonchev–Trinajstić information content (AvgIpc) is 2.68. The summed E-state index contributed by atoms with van der Waals surface area (Å²) in [6.07, 6.45) is 2.58. The van der Waals surface area contributed by atoms with E-state index in [4.69, 9.17) is 4.74 Å². The van der Waals surface area contributed by atoms with Crippen LogP contribution in [0.2, 0.25) is 0 Å². The molecule has 0 amide bonds. The minimum Gasteiger partial charge on any atom is -0.379 e. The van der Waals surface area contributed by atoms with E-state index < -0.39 is 0 Å². The highest BCUT2D eigenvalue weighted by Crippen LogP contribution is 2.26. The SMILES string of the molecule is CNc1ncnc(NC2(C)CCOC2)c1C. The van der Waals surface area contributed by atoms with Crippen LogP contribution in [0.25, 0.3) is 0 Å². The van der Waals surface area contributed by atoms with Gasteiger partial charge in [-0.3, -0.25) is 0 Å². The summed E-state index contributed by atoms with van der Waals surface area (Å²) in [7, 11) is 1.86. The number of nitrogens with zero attached hydrogens (tertiary/aromatic N) is 2. The molecule has 16 heavy (non-hydrogen) atoms. The number of nitrogens with one attached hydrogen (secondary N) is 2. The predicted molar refractivity (Wildman–Crippen MR) is 63.8 cm³/mol. The van der Waals surface area contributed by atoms with Gasteiger partial charge in [0.15, 0.2) is 0 Å². The third kappa shape index (κ3) is 2.09. The minimum absolute atomic E-state index is 0.00980. The average molecular weight is 222 g/mol. The maximum Gasteiger partial charge on any atom is 0.134 e. The molecule has 0 spiro atoms. The van der Waals surface area contributed by atoms with E-state index in [-0.39, 0.29) is 5.54 Å². The molecule has 1 aromatic heterocycles. The zero-order chi connectivity index (χ0) is 11.6. The van der Waals surface area contributed by atoms with Gasteiger partial charge in [0.05, 0.1) is 12.1 Å². The van der Waals surface area contributed by atoms with Gasteiger partial charge in [-0.25, -0.2) is 9.97 Å². The first-order valence-electron chi connectivity index (χ1n) is 5.50. The summed E-state index contributed by atoms with van der Waals surface area (Å²) >= 11 is 0. The highest BCUT2D eigenvalue weighted by molar-refractivity contribution is 5.57. The summed E-state index contributed by atoms with van der Waals surface area (Å²) in [5, 5.41) is 6.49. The Balaban J connectivity index is 2.21. The van der Waals surface area contributed by atoms with E-state index in [2.05, 4.69) is 27.5 Å². The van der Waals surface area contributed by atoms with Crippen molar-refractivity contribution in [1.29, 1.82) is 0 Å². The van der Waals surface area contributed by atoms with Crippen molar-refractivity contribution in [3.8, 4) is 0 Å². The second kappa shape index (κ2) is 4.25. The molecule has 1 saturated heterocycles. The maximum atomic E-state index is 5.41. The summed E-state index contributed by atoms with van der Waals surface area (Å²) < 4.78 is 5.41. The van der Waals surface area contributed by atoms with Crippen molar-refractivity contribution in [2.24, 2.45) is 0 Å². The smallest absolute Gasteiger partial charge is 0.134 e. The lowest BCUT2D eigenvalue weighted by Gasteiger charge is -2.25. The Kier molecular flexibility index (Phi) is 2.96. The van der Waals surface area contributed by atoms with Crippen LogP contribution in [0.3, 0.4) is 0 Å². The lowest BCUT2D eigenvalue weighted by atomic mass is 10.0. The Morgan fingerprint density at radius 3 is 2.75 bits per heavy atom. The van der Waals surface area contributed by atoms with E-state index in [1.807, 2.05) is 14.0 Å². The predicted octanol–water partition coefficient (Wildman–Crippen LogP) is 1.42. The number of hydrogen-bond donors (Lipinski definition) is 2. The molecule has 0 saturated carbocycles. The second-order valence-corrected chi connectivity index (χ2v) is 4.43. The zero-order valence-electron chi connectivity index (χ0n) is 10.0. The first-order chi connectivity index (χ1) is 7.64. The van der Waals surface area contributed by atoms with Crippen LogP contribution in [-0.4, -0.2) is 35.8 Å². The van der Waals surface area contributed by atoms with Crippen molar-refractivity contribution in [3.05, 3.63) is 11.9 Å². The lowest BCUT2D eigenvalue weighted by Crippen LogP contribution is -2.35. The van der Waals surface area contributed by atoms with Crippen LogP contribution in [0.5, 0.6) is 0 Å². The molecule has 1 aromatic rings. The van der Waals surface area contributed by atoms with Crippen LogP contribution in [-0.2, 0) is 4.74 Å². The summed E-state index contributed by atoms with van der Waals surface area (Å²) in [4.78, 5) is 8.44. The molecule has 5 heteroatoms. The van der Waals surface area contributed by atoms with Gasteiger partial charge >= 0.3 is 0 Å². The standard InChI is InChI=1S/C11H18N4O/c1-8-9(12-3)13-7-14-10(8)15-11(2)4-5-16-6-11/h7H,4-6H2,1-3H3,(H2,12,13,14,15). The number of anilines is 2. The zero-order valence-corrected chi connectivity index (χ0v) is 10.0. The van der Waals surface area contributed by atoms with E-state index in [9.17, 15) is 0 Å². The highest BCUT2D eigenvalue weighted by atomic mass is 16.5. The molecule has 0 aliphatic carbocycles. The van der Waals surface area contributed by atoms with Crippen LogP contribution in [0, 0.1) is 6.92 Å². The summed E-state index contributed by atoms with van der Waals surface area (Å²) in [5.74, 6) is 1.74. The molecule has 2 heterocycles. The Bertz CT molecular complexity index is 374. The van der Waals surface area contributed by atoms with E-state index in [1.165, 1.54) is 0 Å². The van der Waals surface area contributed by atoms with E-state index >= 15 is 0 Å². The van der Waals surface area contributed by atoms with Crippen molar-refractivity contribution in [2.45, 2.75) is 25.8 Å². The van der Waals surface area contributed by atoms with Gasteiger partial charge in [-0.05, 0) is 20.3 Å². The van der Waals surface area contributed by atoms with Crippen molar-refractivity contribution in [3.63, 3.8) is 0 Å². The third-order valence-electron chi connectivity index (χ3n) is 2.96. The highest BCUT2D eigenvalue weighted by Gasteiger charge is 2.30. The first-order valence-corrected chi connectivity index (χ1v) is 5.50. The topological polar surface area (TPSA) is 59.1 Å². The van der Waals surface area contributed by atoms with Crippen LogP contribution < -0.4 is 10.6 Å². The fraction of sp³-hybridized carbons (Fsp3) is 0.636. The first kappa shape index (κ1) is 11.1. The Labute approximate surface area is 95.6 Å². The van der Waals surface area contributed by atoms with E-state index in [0.29, 0.717) is 0 Å². The van der Waals surface area contributed by atoms with Gasteiger partial charge in [0.1, 0.15) is 18.0 Å². The molecule has 0 radical (unpaired) electrons. The van der Waals surface area contributed by atoms with Crippen LogP contribution in [0.1, 0.15) is 18.9 Å². The van der Waals surface area contributed by atoms with Gasteiger partial charge in [-0.2, -0.15) is 0 Å². The third-order valence-corrected chi connectivity index (χ3v) is 2.96. The molecule has 88 valence electrons. The van der Waals surface area contributed by atoms with Crippen molar-refractivity contribution >= 4 is 11.6 Å². The van der Waals surface area contributed by atoms with E-state index in [0.717, 1.165) is 36.8 Å². The van der Waals surface area contributed by atoms with Gasteiger partial charge < -0.3 is 15.4 Å². The summed E-state index contributed by atoms with van der Waals surface area (Å²) in [5.41, 5.74) is 1.03. The molecule has 1 unspecified atom stereocenters. The van der Waals surface area contributed by atoms with Gasteiger partial charge in [0.2, 0.25) is 0 Å². The maximum absolute atomic E-state index is 5.41. The lowest BCUT2D eigenvalue weighted by molar-refractivity contribution is 0.185. The second-order valence-electron chi connectivity index (χ2n) is 4.43. The fourth-order valence-electron chi connectivity index (χ4n) is 1.88. The largest absolute Gasteiger partial charge is 0.379 e. The van der Waals surface area contributed by atoms with Crippen LogP contribution in [0.15, 0.2) is 6.33 Å². The molecule has 2 N–H and O–H groups in total. The summed E-state index contributed by atoms with van der Waals surface area (Å²) in [6, 6.07) is 0. The Morgan fingerprint density at radius 2 is 2.12 bits per heavy atom. The van der Waals surface area contributed by atoms with Crippen molar-refractivity contribution in [1.82, 2.24) is 9.97 Å². The number of rotatable bonds is 3. The molecule has 1 fully saturated rings. The van der Waals surface area contributed by atoms with Crippen molar-refractivity contribution < 1.29 is 4.74 Å². The number of hydrogen-bond acceptors (Lipinski definition) is 5. The molecule has 0 bridgehead atoms. The molecule has 5 nitrogen and oxygen atoms in total. The molecule has 0 aromatic carbocycles. The Hall–Kier alpha value is -1.36. The number of ether oxygens (including phenoxy) is 1. The van der Waals surface area contributed by atoms with Crippen molar-refractivity contribution in [2.75, 3.05) is 30.9 Å². The molecule has 1 atom stereocenters. The van der Waals surface area contributed by atoms with Gasteiger partial charge in [0.25, 0.3) is 0 Å². The quantitative estimate of drug-likeness (QED) is 0.810. The van der Waals surface area contributed by atoms with Gasteiger partial charge in [0, 0.05) is 19.2 Å². The summed E-state index contributed by atoms with van der Waals surface area (Å²) in [6.45, 7) is 5.70. The monoisotopic (exact) mass is 222 g/mol. The fourth-order valence-corrected chi connectivity index (χ4v) is 1.88.